The average Bonchev–Trinajstić information content (AvgIpc) is 2.71. The number of benzene rings is 2. The molecule has 1 atom stereocenters. The van der Waals surface area contributed by atoms with Gasteiger partial charge in [0.1, 0.15) is 5.82 Å². The minimum absolute atomic E-state index is 0.420. The summed E-state index contributed by atoms with van der Waals surface area (Å²) in [6, 6.07) is 9.13. The molecule has 0 aliphatic heterocycles. The second-order valence-electron chi connectivity index (χ2n) is 6.45. The van der Waals surface area contributed by atoms with Crippen molar-refractivity contribution in [3.63, 3.8) is 0 Å². The van der Waals surface area contributed by atoms with Gasteiger partial charge in [-0.3, -0.25) is 4.79 Å². The number of ether oxygens (including phenoxy) is 1. The number of carbonyl (C=O) groups excluding carboxylic acids is 2. The Balaban J connectivity index is 2.47. The van der Waals surface area contributed by atoms with E-state index in [2.05, 4.69) is 4.74 Å². The molecule has 0 radical (unpaired) electrons. The third-order valence-corrected chi connectivity index (χ3v) is 5.39. The van der Waals surface area contributed by atoms with Gasteiger partial charge < -0.3 is 10.1 Å². The fourth-order valence-electron chi connectivity index (χ4n) is 2.43. The monoisotopic (exact) mass is 477 g/mol. The minimum atomic E-state index is -5.62. The van der Waals surface area contributed by atoms with Crippen LogP contribution in [0.1, 0.15) is 22.8 Å². The third-order valence-electron chi connectivity index (χ3n) is 4.13. The largest absolute Gasteiger partial charge is 0.463 e. The van der Waals surface area contributed by atoms with E-state index in [1.807, 2.05) is 0 Å². The average molecular weight is 477 g/mol. The Morgan fingerprint density at radius 1 is 1.03 bits per heavy atom. The molecular weight excluding hydrogens is 458 g/mol. The molecule has 0 unspecified atom stereocenters. The molecule has 2 aromatic rings. The van der Waals surface area contributed by atoms with Gasteiger partial charge in [-0.25, -0.2) is 23.0 Å². The van der Waals surface area contributed by atoms with Crippen molar-refractivity contribution < 1.29 is 40.3 Å². The fourth-order valence-corrected chi connectivity index (χ4v) is 3.33. The molecule has 0 heterocycles. The predicted octanol–water partition coefficient (Wildman–Crippen LogP) is 2.17. The van der Waals surface area contributed by atoms with Crippen LogP contribution < -0.4 is 15.6 Å². The molecule has 174 valence electrons. The molecular formula is C19H19F4N3O5S. The molecule has 0 aliphatic rings. The predicted molar refractivity (Wildman–Crippen MR) is 104 cm³/mol. The van der Waals surface area contributed by atoms with Crippen LogP contribution in [-0.4, -0.2) is 38.7 Å². The lowest BCUT2D eigenvalue weighted by atomic mass is 10.1. The molecule has 8 nitrogen and oxygen atoms in total. The molecule has 0 saturated heterocycles. The number of aryl methyl sites for hydroxylation is 1. The summed E-state index contributed by atoms with van der Waals surface area (Å²) in [5.74, 6) is -4.87. The van der Waals surface area contributed by atoms with Crippen LogP contribution in [0.3, 0.4) is 0 Å². The highest BCUT2D eigenvalue weighted by molar-refractivity contribution is 7.89. The van der Waals surface area contributed by atoms with Crippen LogP contribution in [0.4, 0.5) is 17.6 Å². The number of hydrazine groups is 1. The number of hydrogen-bond donors (Lipinski definition) is 3. The van der Waals surface area contributed by atoms with Gasteiger partial charge in [0, 0.05) is 0 Å². The summed E-state index contributed by atoms with van der Waals surface area (Å²) in [5, 5.41) is 1.33. The molecule has 0 spiro atoms. The van der Waals surface area contributed by atoms with E-state index in [1.54, 1.807) is 6.92 Å². The minimum Gasteiger partial charge on any atom is -0.463 e. The zero-order valence-corrected chi connectivity index (χ0v) is 17.6. The first-order valence-electron chi connectivity index (χ1n) is 9.00. The molecule has 0 saturated carbocycles. The lowest BCUT2D eigenvalue weighted by Gasteiger charge is -2.34. The molecule has 2 rings (SSSR count). The topological polar surface area (TPSA) is 114 Å². The van der Waals surface area contributed by atoms with Gasteiger partial charge in [0.05, 0.1) is 17.1 Å². The number of rotatable bonds is 8. The van der Waals surface area contributed by atoms with Crippen molar-refractivity contribution in [2.45, 2.75) is 30.6 Å². The first-order chi connectivity index (χ1) is 14.8. The quantitative estimate of drug-likeness (QED) is 0.233. The molecule has 0 aliphatic carbocycles. The molecule has 3 N–H and O–H groups in total. The van der Waals surface area contributed by atoms with Crippen molar-refractivity contribution in [1.82, 2.24) is 15.6 Å². The lowest BCUT2D eigenvalue weighted by Crippen LogP contribution is -2.75. The van der Waals surface area contributed by atoms with Crippen LogP contribution >= 0.6 is 0 Å². The molecule has 1 amide bonds. The Bertz CT molecular complexity index is 1090. The smallest absolute Gasteiger partial charge is 0.437 e. The van der Waals surface area contributed by atoms with E-state index < -0.39 is 56.6 Å². The normalized spacial score (nSPS) is 13.8. The van der Waals surface area contributed by atoms with Crippen LogP contribution in [0, 0.1) is 12.7 Å². The highest BCUT2D eigenvalue weighted by atomic mass is 32.2. The van der Waals surface area contributed by atoms with Gasteiger partial charge in [0.15, 0.2) is 0 Å². The summed E-state index contributed by atoms with van der Waals surface area (Å²) in [6.07, 6.45) is -5.62. The van der Waals surface area contributed by atoms with Gasteiger partial charge in [-0.05, 0) is 38.1 Å². The van der Waals surface area contributed by atoms with Crippen LogP contribution in [0.25, 0.3) is 0 Å². The maximum absolute atomic E-state index is 14.0. The maximum atomic E-state index is 14.0. The molecule has 0 bridgehead atoms. The van der Waals surface area contributed by atoms with Gasteiger partial charge in [0.2, 0.25) is 0 Å². The van der Waals surface area contributed by atoms with Crippen molar-refractivity contribution >= 4 is 21.9 Å². The standard InChI is InChI=1S/C19H19F4N3O5S/c1-3-31-17(28)18(19(21,22)23,24-16(27)14-6-4-5-7-15(14)20)25-26-32(29,30)13-10-8-12(2)9-11-13/h4-11,25-26H,3H2,1-2H3,(H,24,27)/t18-/m0/s1. The van der Waals surface area contributed by atoms with E-state index in [0.29, 0.717) is 5.56 Å². The van der Waals surface area contributed by atoms with E-state index in [-0.39, 0.29) is 0 Å². The highest BCUT2D eigenvalue weighted by Gasteiger charge is 2.64. The Hall–Kier alpha value is -3.03. The Labute approximate surface area is 181 Å². The number of amides is 1. The van der Waals surface area contributed by atoms with Gasteiger partial charge in [0.25, 0.3) is 15.9 Å². The Kier molecular flexibility index (Phi) is 7.59. The van der Waals surface area contributed by atoms with Gasteiger partial charge in [-0.2, -0.15) is 13.2 Å². The number of hydrogen-bond acceptors (Lipinski definition) is 6. The Morgan fingerprint density at radius 2 is 1.62 bits per heavy atom. The van der Waals surface area contributed by atoms with E-state index in [4.69, 9.17) is 0 Å². The number of carbonyl (C=O) groups is 2. The summed E-state index contributed by atoms with van der Waals surface area (Å²) < 4.78 is 85.4. The van der Waals surface area contributed by atoms with Crippen molar-refractivity contribution in [2.75, 3.05) is 6.61 Å². The van der Waals surface area contributed by atoms with Crippen LogP contribution in [0.2, 0.25) is 0 Å². The van der Waals surface area contributed by atoms with Crippen LogP contribution in [0.5, 0.6) is 0 Å². The van der Waals surface area contributed by atoms with Crippen molar-refractivity contribution in [3.8, 4) is 0 Å². The van der Waals surface area contributed by atoms with Crippen molar-refractivity contribution in [1.29, 1.82) is 0 Å². The van der Waals surface area contributed by atoms with Gasteiger partial charge >= 0.3 is 17.8 Å². The number of alkyl halides is 3. The van der Waals surface area contributed by atoms with E-state index >= 15 is 0 Å². The van der Waals surface area contributed by atoms with E-state index in [0.717, 1.165) is 24.3 Å². The third kappa shape index (κ3) is 5.41. The summed E-state index contributed by atoms with van der Waals surface area (Å²) >= 11 is 0. The zero-order chi connectivity index (χ0) is 24.2. The second-order valence-corrected chi connectivity index (χ2v) is 8.13. The van der Waals surface area contributed by atoms with E-state index in [1.165, 1.54) is 46.8 Å². The highest BCUT2D eigenvalue weighted by Crippen LogP contribution is 2.30. The molecule has 0 aromatic heterocycles. The number of sulfonamides is 1. The first-order valence-corrected chi connectivity index (χ1v) is 10.5. The van der Waals surface area contributed by atoms with Gasteiger partial charge in [-0.15, -0.1) is 4.83 Å². The maximum Gasteiger partial charge on any atom is 0.437 e. The van der Waals surface area contributed by atoms with Crippen molar-refractivity contribution in [3.05, 3.63) is 65.5 Å². The first kappa shape index (κ1) is 25.2. The summed E-state index contributed by atoms with van der Waals surface area (Å²) in [5.41, 5.74) is -2.86. The number of nitrogens with one attached hydrogen (secondary N) is 3. The Morgan fingerprint density at radius 3 is 2.16 bits per heavy atom. The summed E-state index contributed by atoms with van der Waals surface area (Å²) in [6.45, 7) is 2.34. The number of halogens is 4. The molecule has 2 aromatic carbocycles. The summed E-state index contributed by atoms with van der Waals surface area (Å²) in [4.78, 5) is 25.7. The number of esters is 1. The summed E-state index contributed by atoms with van der Waals surface area (Å²) in [7, 11) is -4.62. The SMILES string of the molecule is CCOC(=O)[C@@](NNS(=O)(=O)c1ccc(C)cc1)(NC(=O)c1ccccc1F)C(F)(F)F. The van der Waals surface area contributed by atoms with Crippen molar-refractivity contribution in [2.24, 2.45) is 0 Å². The lowest BCUT2D eigenvalue weighted by molar-refractivity contribution is -0.219. The van der Waals surface area contributed by atoms with Gasteiger partial charge in [-0.1, -0.05) is 29.8 Å². The molecule has 0 fully saturated rings. The second kappa shape index (κ2) is 9.63. The zero-order valence-electron chi connectivity index (χ0n) is 16.8. The van der Waals surface area contributed by atoms with E-state index in [9.17, 15) is 35.6 Å². The molecule has 13 heteroatoms. The van der Waals surface area contributed by atoms with Crippen LogP contribution in [-0.2, 0) is 19.6 Å². The van der Waals surface area contributed by atoms with Crippen LogP contribution in [0.15, 0.2) is 53.4 Å². The molecule has 32 heavy (non-hydrogen) atoms. The fraction of sp³-hybridized carbons (Fsp3) is 0.263.